The third-order valence-electron chi connectivity index (χ3n) is 3.74. The van der Waals surface area contributed by atoms with Crippen molar-refractivity contribution in [3.63, 3.8) is 0 Å². The maximum absolute atomic E-state index is 12.4. The smallest absolute Gasteiger partial charge is 0.311 e. The van der Waals surface area contributed by atoms with Gasteiger partial charge >= 0.3 is 5.97 Å². The summed E-state index contributed by atoms with van der Waals surface area (Å²) in [5, 5.41) is 3.43. The van der Waals surface area contributed by atoms with Gasteiger partial charge in [0.15, 0.2) is 0 Å². The number of carbonyl (C=O) groups is 1. The summed E-state index contributed by atoms with van der Waals surface area (Å²) in [5.41, 5.74) is 0.687. The van der Waals surface area contributed by atoms with E-state index in [2.05, 4.69) is 10.0 Å². The molecule has 0 radical (unpaired) electrons. The Hall–Kier alpha value is -2.07. The van der Waals surface area contributed by atoms with Gasteiger partial charge in [0.05, 0.1) is 34.3 Å². The molecule has 1 fully saturated rings. The Balaban J connectivity index is 1.85. The summed E-state index contributed by atoms with van der Waals surface area (Å²) in [4.78, 5) is 11.5. The quantitative estimate of drug-likeness (QED) is 0.713. The number of anilines is 2. The van der Waals surface area contributed by atoms with Gasteiger partial charge in [-0.05, 0) is 38.0 Å². The second-order valence-corrected chi connectivity index (χ2v) is 9.58. The van der Waals surface area contributed by atoms with E-state index in [-0.39, 0.29) is 35.0 Å². The number of fused-ring (bicyclic) bond motifs is 1. The summed E-state index contributed by atoms with van der Waals surface area (Å²) < 4.78 is 56.1. The minimum absolute atomic E-state index is 0.0453. The molecule has 0 bridgehead atoms. The van der Waals surface area contributed by atoms with Gasteiger partial charge < -0.3 is 10.1 Å². The van der Waals surface area contributed by atoms with Gasteiger partial charge in [-0.2, -0.15) is 0 Å². The normalized spacial score (nSPS) is 18.5. The molecule has 0 spiro atoms. The van der Waals surface area contributed by atoms with E-state index in [0.29, 0.717) is 12.8 Å². The lowest BCUT2D eigenvalue weighted by Gasteiger charge is -2.20. The summed E-state index contributed by atoms with van der Waals surface area (Å²) in [6.45, 7) is 1.87. The van der Waals surface area contributed by atoms with Gasteiger partial charge in [-0.1, -0.05) is 0 Å². The molecule has 2 N–H and O–H groups in total. The predicted octanol–water partition coefficient (Wildman–Crippen LogP) is 1.58. The Kier molecular flexibility index (Phi) is 4.50. The Morgan fingerprint density at radius 3 is 2.72 bits per heavy atom. The molecule has 1 aromatic carbocycles. The van der Waals surface area contributed by atoms with Crippen molar-refractivity contribution in [2.75, 3.05) is 16.6 Å². The monoisotopic (exact) mass is 386 g/mol. The molecule has 25 heavy (non-hydrogen) atoms. The van der Waals surface area contributed by atoms with Crippen molar-refractivity contribution in [1.29, 1.82) is 0 Å². The second-order valence-electron chi connectivity index (χ2n) is 5.85. The van der Waals surface area contributed by atoms with Crippen LogP contribution in [0.3, 0.4) is 0 Å². The molecule has 0 amide bonds. The summed E-state index contributed by atoms with van der Waals surface area (Å²) in [6, 6.07) is 4.22. The lowest BCUT2D eigenvalue weighted by molar-refractivity contribution is -0.142. The number of esters is 1. The predicted molar refractivity (Wildman–Crippen MR) is 92.1 cm³/mol. The standard InChI is InChI=1S/C15H18N2O6S2/c1-2-23-15(18)8-11-9-24(19,20)14-7-10(3-6-13(14)16-11)17-25(21,22)12-4-5-12/h3,6-7,9,12,16-17H,2,4-5,8H2,1H3. The number of sulfone groups is 1. The van der Waals surface area contributed by atoms with Crippen molar-refractivity contribution in [2.24, 2.45) is 0 Å². The molecule has 8 nitrogen and oxygen atoms in total. The molecule has 1 heterocycles. The molecule has 1 aromatic rings. The Morgan fingerprint density at radius 2 is 2.08 bits per heavy atom. The Labute approximate surface area is 146 Å². The summed E-state index contributed by atoms with van der Waals surface area (Å²) in [6.07, 6.45) is 1.03. The zero-order chi connectivity index (χ0) is 18.2. The van der Waals surface area contributed by atoms with E-state index in [0.717, 1.165) is 5.41 Å². The molecule has 1 aliphatic heterocycles. The van der Waals surface area contributed by atoms with Crippen LogP contribution in [0.5, 0.6) is 0 Å². The first-order chi connectivity index (χ1) is 11.7. The number of hydrogen-bond donors (Lipinski definition) is 2. The molecule has 3 rings (SSSR count). The molecular weight excluding hydrogens is 368 g/mol. The average molecular weight is 386 g/mol. The minimum Gasteiger partial charge on any atom is -0.466 e. The van der Waals surface area contributed by atoms with Gasteiger partial charge in [0, 0.05) is 11.4 Å². The molecule has 1 aliphatic carbocycles. The largest absolute Gasteiger partial charge is 0.466 e. The van der Waals surface area contributed by atoms with Gasteiger partial charge in [-0.15, -0.1) is 0 Å². The van der Waals surface area contributed by atoms with Gasteiger partial charge in [-0.25, -0.2) is 16.8 Å². The number of benzene rings is 1. The van der Waals surface area contributed by atoms with Crippen LogP contribution in [0, 0.1) is 0 Å². The summed E-state index contributed by atoms with van der Waals surface area (Å²) in [7, 11) is -7.28. The van der Waals surface area contributed by atoms with Gasteiger partial charge in [0.25, 0.3) is 0 Å². The van der Waals surface area contributed by atoms with E-state index in [4.69, 9.17) is 4.74 Å². The highest BCUT2D eigenvalue weighted by Gasteiger charge is 2.36. The van der Waals surface area contributed by atoms with Crippen LogP contribution in [0.25, 0.3) is 0 Å². The molecule has 136 valence electrons. The van der Waals surface area contributed by atoms with Crippen LogP contribution in [0.2, 0.25) is 0 Å². The van der Waals surface area contributed by atoms with E-state index >= 15 is 0 Å². The van der Waals surface area contributed by atoms with Crippen molar-refractivity contribution in [3.05, 3.63) is 29.3 Å². The van der Waals surface area contributed by atoms with Gasteiger partial charge in [0.1, 0.15) is 0 Å². The lowest BCUT2D eigenvalue weighted by atomic mass is 10.2. The third-order valence-corrected chi connectivity index (χ3v) is 7.16. The molecule has 0 saturated heterocycles. The van der Waals surface area contributed by atoms with E-state index in [1.807, 2.05) is 0 Å². The van der Waals surface area contributed by atoms with Gasteiger partial charge in [0.2, 0.25) is 19.9 Å². The second kappa shape index (κ2) is 6.34. The molecule has 0 atom stereocenters. The zero-order valence-corrected chi connectivity index (χ0v) is 15.1. The lowest BCUT2D eigenvalue weighted by Crippen LogP contribution is -2.19. The Morgan fingerprint density at radius 1 is 1.36 bits per heavy atom. The SMILES string of the molecule is CCOC(=O)CC1=CS(=O)(=O)c2cc(NS(=O)(=O)C3CC3)ccc2N1. The molecule has 0 unspecified atom stereocenters. The number of ether oxygens (including phenoxy) is 1. The fraction of sp³-hybridized carbons (Fsp3) is 0.400. The van der Waals surface area contributed by atoms with E-state index in [1.54, 1.807) is 6.92 Å². The number of hydrogen-bond acceptors (Lipinski definition) is 7. The summed E-state index contributed by atoms with van der Waals surface area (Å²) >= 11 is 0. The molecule has 10 heteroatoms. The van der Waals surface area contributed by atoms with Crippen LogP contribution in [-0.4, -0.2) is 34.7 Å². The first-order valence-electron chi connectivity index (χ1n) is 7.75. The maximum Gasteiger partial charge on any atom is 0.311 e. The van der Waals surface area contributed by atoms with E-state index in [9.17, 15) is 21.6 Å². The van der Waals surface area contributed by atoms with Crippen molar-refractivity contribution in [2.45, 2.75) is 36.3 Å². The fourth-order valence-electron chi connectivity index (χ4n) is 2.46. The average Bonchev–Trinajstić information content (AvgIpc) is 3.32. The van der Waals surface area contributed by atoms with E-state index in [1.165, 1.54) is 18.2 Å². The van der Waals surface area contributed by atoms with Crippen molar-refractivity contribution < 1.29 is 26.4 Å². The van der Waals surface area contributed by atoms with Gasteiger partial charge in [-0.3, -0.25) is 9.52 Å². The highest BCUT2D eigenvalue weighted by atomic mass is 32.2. The van der Waals surface area contributed by atoms with Crippen LogP contribution < -0.4 is 10.0 Å². The number of rotatable bonds is 6. The first-order valence-corrected chi connectivity index (χ1v) is 10.8. The van der Waals surface area contributed by atoms with Crippen LogP contribution in [0.1, 0.15) is 26.2 Å². The van der Waals surface area contributed by atoms with Crippen molar-refractivity contribution in [1.82, 2.24) is 0 Å². The highest BCUT2D eigenvalue weighted by molar-refractivity contribution is 7.94. The first kappa shape index (κ1) is 17.7. The number of carbonyl (C=O) groups excluding carboxylic acids is 1. The van der Waals surface area contributed by atoms with E-state index < -0.39 is 31.1 Å². The third kappa shape index (κ3) is 3.96. The minimum atomic E-state index is -3.80. The highest BCUT2D eigenvalue weighted by Crippen LogP contribution is 2.35. The Bertz CT molecular complexity index is 946. The van der Waals surface area contributed by atoms with Crippen LogP contribution in [-0.2, 0) is 29.4 Å². The number of sulfonamides is 1. The van der Waals surface area contributed by atoms with Crippen LogP contribution >= 0.6 is 0 Å². The summed E-state index contributed by atoms with van der Waals surface area (Å²) in [5.74, 6) is -0.534. The molecular formula is C15H18N2O6S2. The molecule has 1 saturated carbocycles. The fourth-order valence-corrected chi connectivity index (χ4v) is 5.20. The van der Waals surface area contributed by atoms with Crippen molar-refractivity contribution >= 4 is 37.2 Å². The van der Waals surface area contributed by atoms with Crippen LogP contribution in [0.15, 0.2) is 34.2 Å². The van der Waals surface area contributed by atoms with Crippen molar-refractivity contribution in [3.8, 4) is 0 Å². The number of nitrogens with one attached hydrogen (secondary N) is 2. The molecule has 0 aromatic heterocycles. The zero-order valence-electron chi connectivity index (χ0n) is 13.5. The topological polar surface area (TPSA) is 119 Å². The molecule has 2 aliphatic rings. The van der Waals surface area contributed by atoms with Crippen LogP contribution in [0.4, 0.5) is 11.4 Å². The maximum atomic E-state index is 12.4.